The summed E-state index contributed by atoms with van der Waals surface area (Å²) < 4.78 is 1.40. The molecule has 0 radical (unpaired) electrons. The summed E-state index contributed by atoms with van der Waals surface area (Å²) in [6.45, 7) is 3.02. The first-order chi connectivity index (χ1) is 17.8. The molecule has 0 saturated carbocycles. The molecule has 9 heteroatoms. The number of carbonyl (C=O) groups is 1. The molecule has 0 spiro atoms. The van der Waals surface area contributed by atoms with Gasteiger partial charge in [-0.25, -0.2) is 4.98 Å². The van der Waals surface area contributed by atoms with Gasteiger partial charge in [0.25, 0.3) is 5.56 Å². The van der Waals surface area contributed by atoms with Crippen LogP contribution in [0.2, 0.25) is 0 Å². The van der Waals surface area contributed by atoms with E-state index in [1.54, 1.807) is 23.1 Å². The molecule has 4 aromatic rings. The fourth-order valence-electron chi connectivity index (χ4n) is 5.02. The molecule has 0 unspecified atom stereocenters. The Balaban J connectivity index is 1.23. The molecular formula is C28H31N5O4. The second-order valence-corrected chi connectivity index (χ2v) is 10.0. The van der Waals surface area contributed by atoms with Crippen LogP contribution in [0.4, 0.5) is 0 Å². The number of rotatable bonds is 7. The minimum Gasteiger partial charge on any atom is -0.508 e. The second-order valence-electron chi connectivity index (χ2n) is 10.0. The van der Waals surface area contributed by atoms with E-state index in [1.165, 1.54) is 10.9 Å². The number of hydrogen-bond acceptors (Lipinski definition) is 6. The monoisotopic (exact) mass is 501 g/mol. The standard InChI is InChI=1S/C28H31N5O4/c1-19(21-7-3-2-4-8-21)14-24(35)32-12-10-28(37,11-13-32)17-33-18-29-25-23(30-31-26(25)27(33)36)16-20-6-5-9-22(34)15-20/h2-9,15,18-19,34,37H,10-14,16-17H2,1H3,(H,30,31)/t19-/m1/s1. The first-order valence-corrected chi connectivity index (χ1v) is 12.6. The Labute approximate surface area is 214 Å². The maximum absolute atomic E-state index is 13.1. The van der Waals surface area contributed by atoms with E-state index in [1.807, 2.05) is 43.3 Å². The highest BCUT2D eigenvalue weighted by Gasteiger charge is 2.35. The third kappa shape index (κ3) is 5.41. The summed E-state index contributed by atoms with van der Waals surface area (Å²) in [5.74, 6) is 0.370. The number of benzene rings is 2. The van der Waals surface area contributed by atoms with Crippen molar-refractivity contribution in [1.29, 1.82) is 0 Å². The van der Waals surface area contributed by atoms with E-state index in [4.69, 9.17) is 0 Å². The SMILES string of the molecule is C[C@H](CC(=O)N1CCC(O)(Cn2cnc3c(Cc4cccc(O)c4)[nH]nc3c2=O)CC1)c1ccccc1. The lowest BCUT2D eigenvalue weighted by Crippen LogP contribution is -2.49. The van der Waals surface area contributed by atoms with Gasteiger partial charge in [0.05, 0.1) is 24.2 Å². The van der Waals surface area contributed by atoms with Crippen LogP contribution in [-0.4, -0.2) is 59.5 Å². The number of aromatic hydroxyl groups is 1. The van der Waals surface area contributed by atoms with Crippen LogP contribution in [0.25, 0.3) is 11.0 Å². The predicted octanol–water partition coefficient (Wildman–Crippen LogP) is 2.96. The van der Waals surface area contributed by atoms with Gasteiger partial charge in [0.2, 0.25) is 5.91 Å². The fourth-order valence-corrected chi connectivity index (χ4v) is 5.02. The van der Waals surface area contributed by atoms with Crippen molar-refractivity contribution in [2.24, 2.45) is 0 Å². The van der Waals surface area contributed by atoms with Crippen LogP contribution in [0.15, 0.2) is 65.7 Å². The van der Waals surface area contributed by atoms with Gasteiger partial charge in [-0.1, -0.05) is 49.4 Å². The van der Waals surface area contributed by atoms with Crippen molar-refractivity contribution < 1.29 is 15.0 Å². The number of phenolic OH excluding ortho intramolecular Hbond substituents is 1. The maximum atomic E-state index is 13.1. The summed E-state index contributed by atoms with van der Waals surface area (Å²) in [4.78, 5) is 32.2. The van der Waals surface area contributed by atoms with Gasteiger partial charge in [0.1, 0.15) is 11.3 Å². The summed E-state index contributed by atoms with van der Waals surface area (Å²) in [5, 5.41) is 28.0. The zero-order valence-corrected chi connectivity index (χ0v) is 20.8. The predicted molar refractivity (Wildman–Crippen MR) is 139 cm³/mol. The van der Waals surface area contributed by atoms with Crippen molar-refractivity contribution >= 4 is 16.9 Å². The Bertz CT molecular complexity index is 1450. The van der Waals surface area contributed by atoms with Gasteiger partial charge in [-0.05, 0) is 42.0 Å². The molecule has 0 bridgehead atoms. The molecule has 1 saturated heterocycles. The number of nitrogens with zero attached hydrogens (tertiary/aromatic N) is 4. The lowest BCUT2D eigenvalue weighted by molar-refractivity contribution is -0.136. The summed E-state index contributed by atoms with van der Waals surface area (Å²) in [7, 11) is 0. The Morgan fingerprint density at radius 3 is 2.59 bits per heavy atom. The number of nitrogens with one attached hydrogen (secondary N) is 1. The smallest absolute Gasteiger partial charge is 0.281 e. The molecule has 1 aliphatic rings. The topological polar surface area (TPSA) is 124 Å². The molecule has 2 aromatic heterocycles. The van der Waals surface area contributed by atoms with Gasteiger partial charge in [0.15, 0.2) is 5.52 Å². The fraction of sp³-hybridized carbons (Fsp3) is 0.357. The number of aromatic amines is 1. The van der Waals surface area contributed by atoms with Crippen LogP contribution in [0.3, 0.4) is 0 Å². The highest BCUT2D eigenvalue weighted by atomic mass is 16.3. The number of likely N-dealkylation sites (tertiary alicyclic amines) is 1. The van der Waals surface area contributed by atoms with Crippen LogP contribution in [0, 0.1) is 0 Å². The molecule has 9 nitrogen and oxygen atoms in total. The third-order valence-electron chi connectivity index (χ3n) is 7.25. The first-order valence-electron chi connectivity index (χ1n) is 12.6. The highest BCUT2D eigenvalue weighted by molar-refractivity contribution is 5.77. The van der Waals surface area contributed by atoms with E-state index in [-0.39, 0.29) is 35.2 Å². The van der Waals surface area contributed by atoms with E-state index >= 15 is 0 Å². The lowest BCUT2D eigenvalue weighted by Gasteiger charge is -2.38. The number of hydrogen-bond donors (Lipinski definition) is 3. The highest BCUT2D eigenvalue weighted by Crippen LogP contribution is 2.27. The first kappa shape index (κ1) is 24.7. The van der Waals surface area contributed by atoms with E-state index in [0.717, 1.165) is 11.1 Å². The second kappa shape index (κ2) is 10.2. The Hall–Kier alpha value is -3.98. The van der Waals surface area contributed by atoms with E-state index in [2.05, 4.69) is 15.2 Å². The van der Waals surface area contributed by atoms with Crippen molar-refractivity contribution in [3.8, 4) is 5.75 Å². The number of aromatic nitrogens is 4. The summed E-state index contributed by atoms with van der Waals surface area (Å²) >= 11 is 0. The number of H-pyrrole nitrogens is 1. The number of aliphatic hydroxyl groups is 1. The number of phenols is 1. The number of amides is 1. The Morgan fingerprint density at radius 2 is 1.86 bits per heavy atom. The van der Waals surface area contributed by atoms with Gasteiger partial charge >= 0.3 is 0 Å². The number of carbonyl (C=O) groups excluding carboxylic acids is 1. The minimum absolute atomic E-state index is 0.0782. The van der Waals surface area contributed by atoms with Crippen LogP contribution < -0.4 is 5.56 Å². The van der Waals surface area contributed by atoms with Crippen molar-refractivity contribution in [3.05, 3.63) is 88.1 Å². The quantitative estimate of drug-likeness (QED) is 0.358. The van der Waals surface area contributed by atoms with Gasteiger partial charge < -0.3 is 15.1 Å². The van der Waals surface area contributed by atoms with Crippen molar-refractivity contribution in [1.82, 2.24) is 24.6 Å². The molecule has 1 fully saturated rings. The normalized spacial score (nSPS) is 16.1. The van der Waals surface area contributed by atoms with Gasteiger partial charge in [-0.3, -0.25) is 19.3 Å². The number of fused-ring (bicyclic) bond motifs is 1. The molecule has 5 rings (SSSR count). The van der Waals surface area contributed by atoms with Crippen molar-refractivity contribution in [3.63, 3.8) is 0 Å². The molecule has 1 amide bonds. The maximum Gasteiger partial charge on any atom is 0.281 e. The summed E-state index contributed by atoms with van der Waals surface area (Å²) in [6, 6.07) is 16.9. The zero-order valence-electron chi connectivity index (χ0n) is 20.8. The molecule has 2 aromatic carbocycles. The average Bonchev–Trinajstić information content (AvgIpc) is 3.30. The van der Waals surface area contributed by atoms with E-state index < -0.39 is 5.60 Å². The largest absolute Gasteiger partial charge is 0.508 e. The van der Waals surface area contributed by atoms with E-state index in [9.17, 15) is 19.8 Å². The number of piperidine rings is 1. The van der Waals surface area contributed by atoms with Crippen LogP contribution >= 0.6 is 0 Å². The minimum atomic E-state index is -1.11. The molecule has 0 aliphatic carbocycles. The van der Waals surface area contributed by atoms with Crippen LogP contribution in [0.1, 0.15) is 48.9 Å². The average molecular weight is 502 g/mol. The molecular weight excluding hydrogens is 470 g/mol. The lowest BCUT2D eigenvalue weighted by atomic mass is 9.90. The van der Waals surface area contributed by atoms with Crippen LogP contribution in [-0.2, 0) is 17.8 Å². The molecule has 1 atom stereocenters. The molecule has 3 N–H and O–H groups in total. The summed E-state index contributed by atoms with van der Waals surface area (Å²) in [5.41, 5.74) is 1.93. The van der Waals surface area contributed by atoms with Gasteiger partial charge in [-0.15, -0.1) is 0 Å². The molecule has 1 aliphatic heterocycles. The molecule has 192 valence electrons. The van der Waals surface area contributed by atoms with Crippen molar-refractivity contribution in [2.45, 2.75) is 50.7 Å². The third-order valence-corrected chi connectivity index (χ3v) is 7.25. The Kier molecular flexibility index (Phi) is 6.80. The molecule has 37 heavy (non-hydrogen) atoms. The zero-order chi connectivity index (χ0) is 26.0. The van der Waals surface area contributed by atoms with Gasteiger partial charge in [-0.2, -0.15) is 5.10 Å². The van der Waals surface area contributed by atoms with Crippen molar-refractivity contribution in [2.75, 3.05) is 13.1 Å². The van der Waals surface area contributed by atoms with Crippen LogP contribution in [0.5, 0.6) is 5.75 Å². The van der Waals surface area contributed by atoms with E-state index in [0.29, 0.717) is 50.0 Å². The molecule has 3 heterocycles. The summed E-state index contributed by atoms with van der Waals surface area (Å²) in [6.07, 6.45) is 3.08. The Morgan fingerprint density at radius 1 is 1.11 bits per heavy atom. The van der Waals surface area contributed by atoms with Gasteiger partial charge in [0, 0.05) is 25.9 Å².